The van der Waals surface area contributed by atoms with E-state index in [-0.39, 0.29) is 29.3 Å². The molecule has 3 aromatic carbocycles. The lowest BCUT2D eigenvalue weighted by Crippen LogP contribution is -2.50. The average Bonchev–Trinajstić information content (AvgIpc) is 3.01. The minimum atomic E-state index is -1.27. The molecule has 0 bridgehead atoms. The van der Waals surface area contributed by atoms with Gasteiger partial charge in [0.1, 0.15) is 11.8 Å². The van der Waals surface area contributed by atoms with Crippen LogP contribution in [0, 0.1) is 20.8 Å². The Labute approximate surface area is 204 Å². The van der Waals surface area contributed by atoms with Crippen LogP contribution in [0.15, 0.2) is 78.5 Å². The lowest BCUT2D eigenvalue weighted by Gasteiger charge is -2.31. The standard InChI is InChI=1S/C28H27N3O4/c1-17-11-13-20(14-12-17)31-24(33)16-29-15-22(27(34)21-9-4-5-10-23(21)32)26(31)28(35)30-25-18(2)7-6-8-19(25)3/h4-15,26,29,32H,16H2,1-3H3,(H,30,35). The van der Waals surface area contributed by atoms with E-state index in [2.05, 4.69) is 10.6 Å². The zero-order chi connectivity index (χ0) is 25.1. The number of aryl methyl sites for hydroxylation is 3. The third kappa shape index (κ3) is 4.80. The Morgan fingerprint density at radius 3 is 2.26 bits per heavy atom. The van der Waals surface area contributed by atoms with Crippen molar-refractivity contribution >= 4 is 29.0 Å². The second-order valence-corrected chi connectivity index (χ2v) is 8.58. The number of benzene rings is 3. The number of Topliss-reactive ketones (excluding diaryl/α,β-unsaturated/α-hetero) is 1. The summed E-state index contributed by atoms with van der Waals surface area (Å²) in [6.07, 6.45) is 1.40. The lowest BCUT2D eigenvalue weighted by atomic mass is 9.94. The van der Waals surface area contributed by atoms with Gasteiger partial charge in [-0.15, -0.1) is 0 Å². The molecule has 3 aromatic rings. The zero-order valence-corrected chi connectivity index (χ0v) is 19.8. The number of nitrogens with one attached hydrogen (secondary N) is 2. The summed E-state index contributed by atoms with van der Waals surface area (Å²) in [5.41, 5.74) is 3.91. The van der Waals surface area contributed by atoms with E-state index in [4.69, 9.17) is 0 Å². The number of carbonyl (C=O) groups is 3. The van der Waals surface area contributed by atoms with Crippen molar-refractivity contribution in [2.24, 2.45) is 0 Å². The smallest absolute Gasteiger partial charge is 0.252 e. The van der Waals surface area contributed by atoms with E-state index in [1.165, 1.54) is 23.2 Å². The van der Waals surface area contributed by atoms with E-state index < -0.39 is 17.7 Å². The van der Waals surface area contributed by atoms with Gasteiger partial charge in [-0.1, -0.05) is 48.0 Å². The summed E-state index contributed by atoms with van der Waals surface area (Å²) in [5.74, 6) is -1.66. The van der Waals surface area contributed by atoms with Crippen molar-refractivity contribution in [3.8, 4) is 5.75 Å². The molecule has 0 fully saturated rings. The Kier molecular flexibility index (Phi) is 6.68. The fraction of sp³-hybridized carbons (Fsp3) is 0.179. The Hall–Kier alpha value is -4.39. The molecule has 1 aliphatic heterocycles. The van der Waals surface area contributed by atoms with Crippen molar-refractivity contribution < 1.29 is 19.5 Å². The number of ketones is 1. The summed E-state index contributed by atoms with van der Waals surface area (Å²) < 4.78 is 0. The molecule has 0 saturated carbocycles. The summed E-state index contributed by atoms with van der Waals surface area (Å²) >= 11 is 0. The molecule has 0 aliphatic carbocycles. The van der Waals surface area contributed by atoms with E-state index in [1.807, 2.05) is 51.1 Å². The van der Waals surface area contributed by atoms with Gasteiger partial charge in [0.05, 0.1) is 12.1 Å². The molecule has 1 unspecified atom stereocenters. The number of phenolic OH excluding ortho intramolecular Hbond substituents is 1. The van der Waals surface area contributed by atoms with Gasteiger partial charge in [0, 0.05) is 23.1 Å². The predicted molar refractivity (Wildman–Crippen MR) is 136 cm³/mol. The van der Waals surface area contributed by atoms with Gasteiger partial charge in [-0.3, -0.25) is 19.3 Å². The highest BCUT2D eigenvalue weighted by atomic mass is 16.3. The van der Waals surface area contributed by atoms with Crippen molar-refractivity contribution in [3.63, 3.8) is 0 Å². The highest BCUT2D eigenvalue weighted by Crippen LogP contribution is 2.29. The first-order chi connectivity index (χ1) is 16.8. The third-order valence-electron chi connectivity index (χ3n) is 6.03. The van der Waals surface area contributed by atoms with E-state index in [0.29, 0.717) is 11.4 Å². The topological polar surface area (TPSA) is 98.7 Å². The minimum absolute atomic E-state index is 0.0432. The Bertz CT molecular complexity index is 1310. The molecule has 178 valence electrons. The highest BCUT2D eigenvalue weighted by Gasteiger charge is 2.39. The fourth-order valence-corrected chi connectivity index (χ4v) is 4.17. The summed E-state index contributed by atoms with van der Waals surface area (Å²) in [5, 5.41) is 16.1. The van der Waals surface area contributed by atoms with Crippen LogP contribution in [0.5, 0.6) is 5.75 Å². The molecule has 0 radical (unpaired) electrons. The van der Waals surface area contributed by atoms with Crippen LogP contribution >= 0.6 is 0 Å². The van der Waals surface area contributed by atoms with Gasteiger partial charge in [0.2, 0.25) is 5.91 Å². The van der Waals surface area contributed by atoms with Crippen LogP contribution in [-0.4, -0.2) is 35.3 Å². The van der Waals surface area contributed by atoms with Crippen LogP contribution in [0.4, 0.5) is 11.4 Å². The van der Waals surface area contributed by atoms with Crippen LogP contribution in [0.3, 0.4) is 0 Å². The molecule has 0 spiro atoms. The maximum Gasteiger partial charge on any atom is 0.252 e. The van der Waals surface area contributed by atoms with E-state index in [9.17, 15) is 19.5 Å². The number of phenols is 1. The summed E-state index contributed by atoms with van der Waals surface area (Å²) in [7, 11) is 0. The van der Waals surface area contributed by atoms with Gasteiger partial charge in [0.25, 0.3) is 5.91 Å². The zero-order valence-electron chi connectivity index (χ0n) is 19.8. The van der Waals surface area contributed by atoms with Crippen LogP contribution in [-0.2, 0) is 9.59 Å². The van der Waals surface area contributed by atoms with Gasteiger partial charge in [0.15, 0.2) is 5.78 Å². The molecule has 1 heterocycles. The monoisotopic (exact) mass is 469 g/mol. The van der Waals surface area contributed by atoms with Gasteiger partial charge in [-0.05, 0) is 56.2 Å². The molecule has 35 heavy (non-hydrogen) atoms. The van der Waals surface area contributed by atoms with E-state index in [0.717, 1.165) is 16.7 Å². The first-order valence-corrected chi connectivity index (χ1v) is 11.3. The van der Waals surface area contributed by atoms with E-state index in [1.54, 1.807) is 24.3 Å². The number of aromatic hydroxyl groups is 1. The molecule has 1 atom stereocenters. The Balaban J connectivity index is 1.85. The second-order valence-electron chi connectivity index (χ2n) is 8.58. The van der Waals surface area contributed by atoms with Crippen molar-refractivity contribution in [1.82, 2.24) is 5.32 Å². The number of hydrogen-bond donors (Lipinski definition) is 3. The number of anilines is 2. The molecule has 2 amide bonds. The number of amides is 2. The molecule has 7 nitrogen and oxygen atoms in total. The Morgan fingerprint density at radius 1 is 0.943 bits per heavy atom. The molecular weight excluding hydrogens is 442 g/mol. The molecule has 0 saturated heterocycles. The van der Waals surface area contributed by atoms with Crippen LogP contribution in [0.2, 0.25) is 0 Å². The van der Waals surface area contributed by atoms with Crippen molar-refractivity contribution in [2.45, 2.75) is 26.8 Å². The molecule has 1 aliphatic rings. The lowest BCUT2D eigenvalue weighted by molar-refractivity contribution is -0.122. The normalized spacial score (nSPS) is 15.6. The average molecular weight is 470 g/mol. The van der Waals surface area contributed by atoms with Crippen molar-refractivity contribution in [2.75, 3.05) is 16.8 Å². The second kappa shape index (κ2) is 9.85. The highest BCUT2D eigenvalue weighted by molar-refractivity contribution is 6.19. The summed E-state index contributed by atoms with van der Waals surface area (Å²) in [4.78, 5) is 42.1. The molecular formula is C28H27N3O4. The Morgan fingerprint density at radius 2 is 1.60 bits per heavy atom. The first kappa shape index (κ1) is 23.8. The number of para-hydroxylation sites is 2. The number of hydrogen-bond acceptors (Lipinski definition) is 5. The van der Waals surface area contributed by atoms with Crippen molar-refractivity contribution in [3.05, 3.63) is 101 Å². The fourth-order valence-electron chi connectivity index (χ4n) is 4.17. The molecule has 0 aromatic heterocycles. The van der Waals surface area contributed by atoms with Gasteiger partial charge >= 0.3 is 0 Å². The third-order valence-corrected chi connectivity index (χ3v) is 6.03. The number of carbonyl (C=O) groups excluding carboxylic acids is 3. The number of nitrogens with zero attached hydrogens (tertiary/aromatic N) is 1. The largest absolute Gasteiger partial charge is 0.507 e. The van der Waals surface area contributed by atoms with Crippen LogP contribution in [0.1, 0.15) is 27.0 Å². The van der Waals surface area contributed by atoms with Crippen LogP contribution in [0.25, 0.3) is 0 Å². The summed E-state index contributed by atoms with van der Waals surface area (Å²) in [6, 6.07) is 17.7. The maximum absolute atomic E-state index is 13.9. The predicted octanol–water partition coefficient (Wildman–Crippen LogP) is 4.03. The van der Waals surface area contributed by atoms with Gasteiger partial charge < -0.3 is 15.7 Å². The first-order valence-electron chi connectivity index (χ1n) is 11.3. The molecule has 4 rings (SSSR count). The maximum atomic E-state index is 13.9. The van der Waals surface area contributed by atoms with Crippen LogP contribution < -0.4 is 15.5 Å². The molecule has 3 N–H and O–H groups in total. The minimum Gasteiger partial charge on any atom is -0.507 e. The quantitative estimate of drug-likeness (QED) is 0.490. The summed E-state index contributed by atoms with van der Waals surface area (Å²) in [6.45, 7) is 5.58. The SMILES string of the molecule is Cc1ccc(N2C(=O)CNC=C(C(=O)c3ccccc3O)C2C(=O)Nc2c(C)cccc2C)cc1. The van der Waals surface area contributed by atoms with Crippen molar-refractivity contribution in [1.29, 1.82) is 0 Å². The van der Waals surface area contributed by atoms with E-state index >= 15 is 0 Å². The van der Waals surface area contributed by atoms with Gasteiger partial charge in [-0.2, -0.15) is 0 Å². The van der Waals surface area contributed by atoms with Gasteiger partial charge in [-0.25, -0.2) is 0 Å². The molecule has 7 heteroatoms. The number of rotatable bonds is 5.